The number of aliphatic hydroxyl groups excluding tert-OH is 1. The van der Waals surface area contributed by atoms with Crippen LogP contribution >= 0.6 is 0 Å². The smallest absolute Gasteiger partial charge is 0.325 e. The summed E-state index contributed by atoms with van der Waals surface area (Å²) in [5.41, 5.74) is 1.83. The van der Waals surface area contributed by atoms with E-state index < -0.39 is 18.3 Å². The fourth-order valence-electron chi connectivity index (χ4n) is 4.79. The van der Waals surface area contributed by atoms with E-state index in [2.05, 4.69) is 25.8 Å². The number of anilines is 2. The average Bonchev–Trinajstić information content (AvgIpc) is 3.67. The number of ether oxygens (including phenoxy) is 3. The topological polar surface area (TPSA) is 136 Å². The number of nitrogens with one attached hydrogen (secondary N) is 2. The Morgan fingerprint density at radius 1 is 1.04 bits per heavy atom. The van der Waals surface area contributed by atoms with E-state index in [1.807, 2.05) is 45.0 Å². The van der Waals surface area contributed by atoms with Gasteiger partial charge in [-0.25, -0.2) is 13.9 Å². The first-order valence-electron chi connectivity index (χ1n) is 15.3. The van der Waals surface area contributed by atoms with Gasteiger partial charge in [0.2, 0.25) is 0 Å². The molecule has 1 aliphatic rings. The van der Waals surface area contributed by atoms with Crippen LogP contribution in [0.15, 0.2) is 59.1 Å². The van der Waals surface area contributed by atoms with Crippen molar-refractivity contribution in [1.29, 1.82) is 0 Å². The van der Waals surface area contributed by atoms with E-state index in [1.54, 1.807) is 32.0 Å². The quantitative estimate of drug-likeness (QED) is 0.173. The van der Waals surface area contributed by atoms with Gasteiger partial charge in [-0.05, 0) is 56.3 Å². The number of aliphatic hydroxyl groups is 1. The summed E-state index contributed by atoms with van der Waals surface area (Å²) in [5.74, 6) is 0.854. The second-order valence-corrected chi connectivity index (χ2v) is 12.3. The van der Waals surface area contributed by atoms with Gasteiger partial charge in [0.1, 0.15) is 23.9 Å². The Balaban J connectivity index is 1.30. The molecule has 0 radical (unpaired) electrons. The van der Waals surface area contributed by atoms with E-state index in [0.29, 0.717) is 29.3 Å². The van der Waals surface area contributed by atoms with Crippen molar-refractivity contribution in [1.82, 2.24) is 19.8 Å². The van der Waals surface area contributed by atoms with Crippen LogP contribution in [0.1, 0.15) is 46.8 Å². The molecule has 0 saturated carbocycles. The first kappa shape index (κ1) is 33.1. The molecule has 1 fully saturated rings. The molecule has 1 unspecified atom stereocenters. The number of rotatable bonds is 11. The Kier molecular flexibility index (Phi) is 10.4. The molecular formula is C33H41FN6O6. The van der Waals surface area contributed by atoms with Gasteiger partial charge in [0.05, 0.1) is 36.4 Å². The van der Waals surface area contributed by atoms with E-state index in [4.69, 9.17) is 18.7 Å². The Morgan fingerprint density at radius 2 is 1.76 bits per heavy atom. The number of aromatic nitrogens is 3. The van der Waals surface area contributed by atoms with E-state index >= 15 is 4.39 Å². The average molecular weight is 637 g/mol. The van der Waals surface area contributed by atoms with Gasteiger partial charge in [0, 0.05) is 42.2 Å². The molecule has 3 heterocycles. The number of morpholine rings is 1. The number of hydrogen-bond donors (Lipinski definition) is 3. The van der Waals surface area contributed by atoms with Crippen LogP contribution in [-0.4, -0.2) is 76.5 Å². The third-order valence-electron chi connectivity index (χ3n) is 7.27. The van der Waals surface area contributed by atoms with Crippen molar-refractivity contribution in [3.05, 3.63) is 66.2 Å². The van der Waals surface area contributed by atoms with Gasteiger partial charge in [0.25, 0.3) is 6.41 Å². The lowest BCUT2D eigenvalue weighted by atomic mass is 9.93. The van der Waals surface area contributed by atoms with Crippen LogP contribution in [0.25, 0.3) is 22.5 Å². The predicted octanol–water partition coefficient (Wildman–Crippen LogP) is 5.87. The Bertz CT molecular complexity index is 1610. The predicted molar refractivity (Wildman–Crippen MR) is 171 cm³/mol. The number of urea groups is 1. The van der Waals surface area contributed by atoms with E-state index in [-0.39, 0.29) is 23.0 Å². The maximum Gasteiger partial charge on any atom is 0.325 e. The monoisotopic (exact) mass is 636 g/mol. The molecule has 0 aliphatic carbocycles. The Labute approximate surface area is 267 Å². The summed E-state index contributed by atoms with van der Waals surface area (Å²) in [4.78, 5) is 14.9. The van der Waals surface area contributed by atoms with E-state index in [0.717, 1.165) is 44.2 Å². The number of carbonyl (C=O) groups is 1. The third kappa shape index (κ3) is 8.49. The largest absolute Gasteiger partial charge is 0.492 e. The molecule has 1 atom stereocenters. The van der Waals surface area contributed by atoms with Crippen LogP contribution in [-0.2, 0) is 14.9 Å². The molecule has 2 aromatic carbocycles. The van der Waals surface area contributed by atoms with Crippen molar-refractivity contribution in [2.24, 2.45) is 0 Å². The molecule has 46 heavy (non-hydrogen) atoms. The molecule has 1 saturated heterocycles. The molecule has 246 valence electrons. The third-order valence-corrected chi connectivity index (χ3v) is 7.27. The lowest BCUT2D eigenvalue weighted by molar-refractivity contribution is -0.180. The normalized spacial score (nSPS) is 14.8. The summed E-state index contributed by atoms with van der Waals surface area (Å²) < 4.78 is 38.8. The van der Waals surface area contributed by atoms with Crippen molar-refractivity contribution >= 4 is 17.5 Å². The molecule has 2 amide bonds. The van der Waals surface area contributed by atoms with Gasteiger partial charge in [0.15, 0.2) is 5.82 Å². The lowest BCUT2D eigenvalue weighted by Gasteiger charge is -2.26. The molecule has 1 aliphatic heterocycles. The SMILES string of the molecule is CC(C)OC(O)n1nc(-c2ccc(OCCN3CCOCC3)cc2)cc1-c1ccc(NC(=O)Nc2cc(C(C)(C)C)on2)c(F)c1. The molecule has 0 spiro atoms. The van der Waals surface area contributed by atoms with E-state index in [9.17, 15) is 9.90 Å². The number of carbonyl (C=O) groups excluding carboxylic acids is 1. The number of amides is 2. The number of halogens is 1. The van der Waals surface area contributed by atoms with Crippen molar-refractivity contribution in [2.45, 2.75) is 52.6 Å². The highest BCUT2D eigenvalue weighted by Crippen LogP contribution is 2.32. The van der Waals surface area contributed by atoms with Gasteiger partial charge in [-0.2, -0.15) is 5.10 Å². The van der Waals surface area contributed by atoms with Crippen molar-refractivity contribution in [3.8, 4) is 28.3 Å². The fraction of sp³-hybridized carbons (Fsp3) is 0.424. The minimum atomic E-state index is -1.42. The van der Waals surface area contributed by atoms with Gasteiger partial charge in [-0.15, -0.1) is 0 Å². The summed E-state index contributed by atoms with van der Waals surface area (Å²) in [6.07, 6.45) is -1.71. The summed E-state index contributed by atoms with van der Waals surface area (Å²) in [5, 5.41) is 24.3. The van der Waals surface area contributed by atoms with E-state index in [1.165, 1.54) is 16.8 Å². The second-order valence-electron chi connectivity index (χ2n) is 12.3. The van der Waals surface area contributed by atoms with Crippen molar-refractivity contribution < 1.29 is 33.0 Å². The van der Waals surface area contributed by atoms with Crippen LogP contribution in [0.3, 0.4) is 0 Å². The molecule has 5 rings (SSSR count). The first-order chi connectivity index (χ1) is 22.0. The molecule has 0 bridgehead atoms. The molecule has 4 aromatic rings. The van der Waals surface area contributed by atoms with Crippen LogP contribution in [0.5, 0.6) is 5.75 Å². The van der Waals surface area contributed by atoms with Crippen molar-refractivity contribution in [3.63, 3.8) is 0 Å². The summed E-state index contributed by atoms with van der Waals surface area (Å²) in [6.45, 7) is 14.1. The van der Waals surface area contributed by atoms with Crippen molar-refractivity contribution in [2.75, 3.05) is 50.1 Å². The maximum absolute atomic E-state index is 15.3. The molecule has 3 N–H and O–H groups in total. The fourth-order valence-corrected chi connectivity index (χ4v) is 4.79. The van der Waals surface area contributed by atoms with Gasteiger partial charge in [-0.3, -0.25) is 10.2 Å². The minimum absolute atomic E-state index is 0.0460. The zero-order valence-corrected chi connectivity index (χ0v) is 26.7. The standard InChI is InChI=1S/C33H41FN6O6/c1-21(2)45-32(42)40-28(19-27(37-40)22-6-9-24(10-7-22)44-17-14-39-12-15-43-16-13-39)23-8-11-26(25(34)18-23)35-31(41)36-30-20-29(46-38-30)33(3,4)5/h6-11,18-21,32,42H,12-17H2,1-5H3,(H2,35,36,38,41). The number of hydrogen-bond acceptors (Lipinski definition) is 9. The summed E-state index contributed by atoms with van der Waals surface area (Å²) in [7, 11) is 0. The van der Waals surface area contributed by atoms with Crippen LogP contribution < -0.4 is 15.4 Å². The summed E-state index contributed by atoms with van der Waals surface area (Å²) in [6, 6.07) is 14.5. The van der Waals surface area contributed by atoms with Gasteiger partial charge >= 0.3 is 6.03 Å². The molecule has 2 aromatic heterocycles. The lowest BCUT2D eigenvalue weighted by Crippen LogP contribution is -2.38. The Morgan fingerprint density at radius 3 is 2.41 bits per heavy atom. The Hall–Kier alpha value is -4.30. The number of benzene rings is 2. The molecule has 13 heteroatoms. The zero-order chi connectivity index (χ0) is 32.8. The zero-order valence-electron chi connectivity index (χ0n) is 26.7. The molecule has 12 nitrogen and oxygen atoms in total. The highest BCUT2D eigenvalue weighted by Gasteiger charge is 2.22. The van der Waals surface area contributed by atoms with Crippen LogP contribution in [0.2, 0.25) is 0 Å². The van der Waals surface area contributed by atoms with Gasteiger partial charge in [-0.1, -0.05) is 32.0 Å². The molecular weight excluding hydrogens is 595 g/mol. The first-order valence-corrected chi connectivity index (χ1v) is 15.3. The van der Waals surface area contributed by atoms with Crippen LogP contribution in [0, 0.1) is 5.82 Å². The minimum Gasteiger partial charge on any atom is -0.492 e. The number of nitrogens with zero attached hydrogens (tertiary/aromatic N) is 4. The summed E-state index contributed by atoms with van der Waals surface area (Å²) >= 11 is 0. The second kappa shape index (κ2) is 14.4. The maximum atomic E-state index is 15.3. The highest BCUT2D eigenvalue weighted by molar-refractivity contribution is 5.99. The highest BCUT2D eigenvalue weighted by atomic mass is 19.1. The van der Waals surface area contributed by atoms with Crippen LogP contribution in [0.4, 0.5) is 20.7 Å². The van der Waals surface area contributed by atoms with Gasteiger partial charge < -0.3 is 29.2 Å².